The number of rotatable bonds is 13. The zero-order chi connectivity index (χ0) is 22.0. The van der Waals surface area contributed by atoms with Crippen molar-refractivity contribution in [1.29, 1.82) is 0 Å². The second-order valence-corrected chi connectivity index (χ2v) is 8.78. The highest BCUT2D eigenvalue weighted by Crippen LogP contribution is 2.48. The number of nitrogens with zero attached hydrogens (tertiary/aromatic N) is 1. The number of unbranched alkanes of at least 4 members (excludes halogenated alkanes) is 1. The normalized spacial score (nSPS) is 11.4. The average molecular weight is 436 g/mol. The first-order chi connectivity index (χ1) is 14.4. The fraction of sp³-hybridized carbons (Fsp3) is 0.429. The number of Topliss-reactive ketones (excluding diaryl/α,β-unsaturated/α-hetero) is 1. The van der Waals surface area contributed by atoms with E-state index in [0.717, 1.165) is 10.2 Å². The van der Waals surface area contributed by atoms with Gasteiger partial charge in [-0.25, -0.2) is 0 Å². The van der Waals surface area contributed by atoms with Gasteiger partial charge in [-0.15, -0.1) is 0 Å². The number of nitrogen functional groups attached to an aromatic ring is 1. The fourth-order valence-corrected chi connectivity index (χ4v) is 4.67. The molecule has 0 aliphatic rings. The lowest BCUT2D eigenvalue weighted by atomic mass is 10.1. The van der Waals surface area contributed by atoms with Crippen molar-refractivity contribution in [3.8, 4) is 5.75 Å². The molecule has 0 aliphatic carbocycles. The molecule has 1 aromatic carbocycles. The van der Waals surface area contributed by atoms with Gasteiger partial charge in [0.15, 0.2) is 17.2 Å². The van der Waals surface area contributed by atoms with E-state index in [1.807, 2.05) is 30.3 Å². The molecule has 0 unspecified atom stereocenters. The van der Waals surface area contributed by atoms with Crippen LogP contribution in [0.15, 0.2) is 47.4 Å². The summed E-state index contributed by atoms with van der Waals surface area (Å²) in [7, 11) is -3.14. The van der Waals surface area contributed by atoms with Crippen molar-refractivity contribution in [3.05, 3.63) is 64.1 Å². The summed E-state index contributed by atoms with van der Waals surface area (Å²) in [6.45, 7) is 4.24. The van der Waals surface area contributed by atoms with Crippen LogP contribution in [0.1, 0.15) is 49.2 Å². The van der Waals surface area contributed by atoms with Crippen LogP contribution in [0.25, 0.3) is 0 Å². The Hall–Kier alpha value is -2.41. The largest absolute Gasteiger partial charge is 0.483 e. The highest BCUT2D eigenvalue weighted by atomic mass is 31.2. The number of nitrogens with two attached hydrogens (primary N) is 1. The van der Waals surface area contributed by atoms with Gasteiger partial charge in [0.25, 0.3) is 0 Å². The number of pyridine rings is 1. The maximum absolute atomic E-state index is 12.8. The van der Waals surface area contributed by atoms with Crippen LogP contribution >= 0.6 is 7.60 Å². The second kappa shape index (κ2) is 11.7. The standard InChI is InChI=1S/C21H29N2O6P/c1-3-28-30(26,29-4-2)15-9-8-12-18(24)20-21(19(25)13-14-23(20)22)27-16-17-10-6-5-7-11-17/h5-7,10-11,13-14H,3-4,8-9,12,15-16,22H2,1-2H3. The molecule has 0 saturated carbocycles. The smallest absolute Gasteiger partial charge is 0.330 e. The third-order valence-corrected chi connectivity index (χ3v) is 6.48. The third-order valence-electron chi connectivity index (χ3n) is 4.31. The Morgan fingerprint density at radius 3 is 2.37 bits per heavy atom. The number of carbonyl (C=O) groups excluding carboxylic acids is 1. The van der Waals surface area contributed by atoms with Crippen LogP contribution in [0, 0.1) is 0 Å². The van der Waals surface area contributed by atoms with Crippen LogP contribution in [-0.4, -0.2) is 29.8 Å². The lowest BCUT2D eigenvalue weighted by molar-refractivity contribution is 0.0965. The molecule has 0 atom stereocenters. The van der Waals surface area contributed by atoms with E-state index in [1.54, 1.807) is 13.8 Å². The highest BCUT2D eigenvalue weighted by Gasteiger charge is 2.24. The van der Waals surface area contributed by atoms with Crippen LogP contribution in [0.5, 0.6) is 5.75 Å². The molecule has 1 aromatic heterocycles. The number of carbonyl (C=O) groups is 1. The van der Waals surface area contributed by atoms with E-state index in [0.29, 0.717) is 26.1 Å². The van der Waals surface area contributed by atoms with E-state index in [2.05, 4.69) is 0 Å². The maximum Gasteiger partial charge on any atom is 0.330 e. The minimum absolute atomic E-state index is 0.0243. The Balaban J connectivity index is 2.03. The molecule has 2 N–H and O–H groups in total. The van der Waals surface area contributed by atoms with Crippen LogP contribution in [0.4, 0.5) is 0 Å². The summed E-state index contributed by atoms with van der Waals surface area (Å²) < 4.78 is 29.8. The first kappa shape index (κ1) is 23.9. The second-order valence-electron chi connectivity index (χ2n) is 6.59. The lowest BCUT2D eigenvalue weighted by Crippen LogP contribution is -2.24. The molecule has 9 heteroatoms. The third kappa shape index (κ3) is 6.83. The van der Waals surface area contributed by atoms with Gasteiger partial charge in [-0.2, -0.15) is 0 Å². The average Bonchev–Trinajstić information content (AvgIpc) is 2.72. The van der Waals surface area contributed by atoms with Crippen molar-refractivity contribution >= 4 is 13.4 Å². The molecular formula is C21H29N2O6P. The minimum Gasteiger partial charge on any atom is -0.483 e. The van der Waals surface area contributed by atoms with Crippen molar-refractivity contribution in [3.63, 3.8) is 0 Å². The quantitative estimate of drug-likeness (QED) is 0.220. The molecule has 0 aliphatic heterocycles. The van der Waals surface area contributed by atoms with Crippen LogP contribution in [-0.2, 0) is 20.2 Å². The van der Waals surface area contributed by atoms with E-state index < -0.39 is 13.0 Å². The summed E-state index contributed by atoms with van der Waals surface area (Å²) in [6, 6.07) is 10.6. The highest BCUT2D eigenvalue weighted by molar-refractivity contribution is 7.53. The van der Waals surface area contributed by atoms with Gasteiger partial charge >= 0.3 is 7.60 Å². The lowest BCUT2D eigenvalue weighted by Gasteiger charge is -2.17. The van der Waals surface area contributed by atoms with Gasteiger partial charge < -0.3 is 19.6 Å². The van der Waals surface area contributed by atoms with Crippen molar-refractivity contribution in [1.82, 2.24) is 4.68 Å². The molecule has 30 heavy (non-hydrogen) atoms. The van der Waals surface area contributed by atoms with Crippen molar-refractivity contribution in [2.24, 2.45) is 0 Å². The van der Waals surface area contributed by atoms with Crippen molar-refractivity contribution in [2.75, 3.05) is 25.2 Å². The van der Waals surface area contributed by atoms with Gasteiger partial charge in [-0.1, -0.05) is 30.3 Å². The zero-order valence-corrected chi connectivity index (χ0v) is 18.3. The summed E-state index contributed by atoms with van der Waals surface area (Å²) in [5, 5.41) is 0. The van der Waals surface area contributed by atoms with Gasteiger partial charge in [0.05, 0.1) is 19.4 Å². The molecule has 0 bridgehead atoms. The number of hydrogen-bond donors (Lipinski definition) is 1. The summed E-state index contributed by atoms with van der Waals surface area (Å²) in [5.74, 6) is 5.52. The molecule has 2 rings (SSSR count). The van der Waals surface area contributed by atoms with Crippen LogP contribution in [0.3, 0.4) is 0 Å². The predicted molar refractivity (Wildman–Crippen MR) is 116 cm³/mol. The Morgan fingerprint density at radius 1 is 1.07 bits per heavy atom. The molecule has 2 aromatic rings. The van der Waals surface area contributed by atoms with Gasteiger partial charge in [0.2, 0.25) is 5.43 Å². The number of ketones is 1. The van der Waals surface area contributed by atoms with E-state index >= 15 is 0 Å². The molecule has 0 amide bonds. The number of ether oxygens (including phenoxy) is 1. The minimum atomic E-state index is -3.14. The molecule has 164 valence electrons. The number of hydrogen-bond acceptors (Lipinski definition) is 7. The topological polar surface area (TPSA) is 110 Å². The van der Waals surface area contributed by atoms with Crippen LogP contribution < -0.4 is 16.0 Å². The van der Waals surface area contributed by atoms with E-state index in [-0.39, 0.29) is 36.4 Å². The summed E-state index contributed by atoms with van der Waals surface area (Å²) in [6.07, 6.45) is 2.61. The Kier molecular flexibility index (Phi) is 9.30. The molecule has 0 radical (unpaired) electrons. The monoisotopic (exact) mass is 436 g/mol. The Bertz CT molecular complexity index is 919. The molecule has 0 fully saturated rings. The first-order valence-corrected chi connectivity index (χ1v) is 11.7. The summed E-state index contributed by atoms with van der Waals surface area (Å²) in [5.41, 5.74) is 0.481. The zero-order valence-electron chi connectivity index (χ0n) is 17.4. The van der Waals surface area contributed by atoms with Gasteiger partial charge in [0.1, 0.15) is 6.61 Å². The van der Waals surface area contributed by atoms with E-state index in [1.165, 1.54) is 12.3 Å². The molecule has 1 heterocycles. The SMILES string of the molecule is CCOP(=O)(CCCCC(=O)c1c(OCc2ccccc2)c(=O)ccn1N)OCC. The van der Waals surface area contributed by atoms with E-state index in [4.69, 9.17) is 19.6 Å². The van der Waals surface area contributed by atoms with E-state index in [9.17, 15) is 14.2 Å². The van der Waals surface area contributed by atoms with Gasteiger partial charge in [-0.3, -0.25) is 18.8 Å². The van der Waals surface area contributed by atoms with Gasteiger partial charge in [-0.05, 0) is 32.3 Å². The first-order valence-electron chi connectivity index (χ1n) is 9.99. The molecule has 8 nitrogen and oxygen atoms in total. The fourth-order valence-electron chi connectivity index (χ4n) is 2.94. The number of aromatic nitrogens is 1. The molecule has 0 saturated heterocycles. The Morgan fingerprint density at radius 2 is 1.73 bits per heavy atom. The van der Waals surface area contributed by atoms with Gasteiger partial charge in [0, 0.05) is 18.7 Å². The predicted octanol–water partition coefficient (Wildman–Crippen LogP) is 3.76. The Labute approximate surface area is 176 Å². The van der Waals surface area contributed by atoms with Crippen molar-refractivity contribution < 1.29 is 23.1 Å². The number of benzene rings is 1. The van der Waals surface area contributed by atoms with Crippen molar-refractivity contribution in [2.45, 2.75) is 39.7 Å². The summed E-state index contributed by atoms with van der Waals surface area (Å²) >= 11 is 0. The molecule has 0 spiro atoms. The van der Waals surface area contributed by atoms with Crippen LogP contribution in [0.2, 0.25) is 0 Å². The summed E-state index contributed by atoms with van der Waals surface area (Å²) in [4.78, 5) is 25.1. The maximum atomic E-state index is 12.8. The molecular weight excluding hydrogens is 407 g/mol.